The Morgan fingerprint density at radius 2 is 2.16 bits per heavy atom. The van der Waals surface area contributed by atoms with Gasteiger partial charge in [-0.2, -0.15) is 0 Å². The molecule has 1 aliphatic carbocycles. The van der Waals surface area contributed by atoms with E-state index in [0.29, 0.717) is 17.7 Å². The molecule has 0 radical (unpaired) electrons. The van der Waals surface area contributed by atoms with Gasteiger partial charge in [-0.05, 0) is 25.8 Å². The number of hydrogen-bond donors (Lipinski definition) is 1. The third-order valence-electron chi connectivity index (χ3n) is 3.62. The fourth-order valence-corrected chi connectivity index (χ4v) is 2.59. The van der Waals surface area contributed by atoms with Gasteiger partial charge in [0.05, 0.1) is 4.92 Å². The van der Waals surface area contributed by atoms with E-state index in [0.717, 1.165) is 19.4 Å². The van der Waals surface area contributed by atoms with Crippen LogP contribution in [0.4, 0.5) is 17.3 Å². The minimum absolute atomic E-state index is 0.0797. The number of aromatic nitrogens is 1. The van der Waals surface area contributed by atoms with Crippen LogP contribution in [0.3, 0.4) is 0 Å². The summed E-state index contributed by atoms with van der Waals surface area (Å²) in [6.07, 6.45) is 4.55. The molecular formula is C13H20N4O2. The summed E-state index contributed by atoms with van der Waals surface area (Å²) >= 11 is 0. The maximum absolute atomic E-state index is 11.1. The Balaban J connectivity index is 2.33. The van der Waals surface area contributed by atoms with Crippen LogP contribution in [0.15, 0.2) is 12.1 Å². The van der Waals surface area contributed by atoms with E-state index < -0.39 is 0 Å². The van der Waals surface area contributed by atoms with Crippen molar-refractivity contribution in [2.24, 2.45) is 0 Å². The number of pyridine rings is 1. The highest BCUT2D eigenvalue weighted by atomic mass is 16.6. The van der Waals surface area contributed by atoms with Gasteiger partial charge in [0.25, 0.3) is 0 Å². The number of nitrogens with zero attached hydrogens (tertiary/aromatic N) is 3. The van der Waals surface area contributed by atoms with Crippen molar-refractivity contribution in [2.75, 3.05) is 23.8 Å². The van der Waals surface area contributed by atoms with Gasteiger partial charge in [0.15, 0.2) is 0 Å². The van der Waals surface area contributed by atoms with Crippen molar-refractivity contribution >= 4 is 17.3 Å². The highest BCUT2D eigenvalue weighted by Gasteiger charge is 2.26. The van der Waals surface area contributed by atoms with E-state index in [1.807, 2.05) is 18.9 Å². The van der Waals surface area contributed by atoms with Crippen LogP contribution in [0.5, 0.6) is 0 Å². The minimum Gasteiger partial charge on any atom is -0.370 e. The molecule has 6 nitrogen and oxygen atoms in total. The van der Waals surface area contributed by atoms with Crippen LogP contribution in [-0.2, 0) is 0 Å². The summed E-state index contributed by atoms with van der Waals surface area (Å²) in [4.78, 5) is 17.1. The summed E-state index contributed by atoms with van der Waals surface area (Å²) in [5.41, 5.74) is 0.0797. The van der Waals surface area contributed by atoms with Gasteiger partial charge in [0.2, 0.25) is 5.82 Å². The molecule has 0 bridgehead atoms. The molecule has 2 rings (SSSR count). The predicted molar refractivity (Wildman–Crippen MR) is 75.7 cm³/mol. The van der Waals surface area contributed by atoms with E-state index in [-0.39, 0.29) is 10.6 Å². The molecule has 1 N–H and O–H groups in total. The first-order valence-corrected chi connectivity index (χ1v) is 6.75. The third kappa shape index (κ3) is 2.94. The van der Waals surface area contributed by atoms with E-state index in [2.05, 4.69) is 10.3 Å². The summed E-state index contributed by atoms with van der Waals surface area (Å²) < 4.78 is 0. The topological polar surface area (TPSA) is 71.3 Å². The van der Waals surface area contributed by atoms with Gasteiger partial charge in [0.1, 0.15) is 5.82 Å². The van der Waals surface area contributed by atoms with Crippen molar-refractivity contribution in [1.82, 2.24) is 4.98 Å². The number of rotatable bonds is 5. The van der Waals surface area contributed by atoms with Crippen LogP contribution in [0.2, 0.25) is 0 Å². The zero-order chi connectivity index (χ0) is 13.8. The number of anilines is 2. The van der Waals surface area contributed by atoms with E-state index in [1.165, 1.54) is 18.9 Å². The lowest BCUT2D eigenvalue weighted by Gasteiger charge is -2.25. The summed E-state index contributed by atoms with van der Waals surface area (Å²) in [5, 5.41) is 14.2. The lowest BCUT2D eigenvalue weighted by molar-refractivity contribution is -0.384. The fourth-order valence-electron chi connectivity index (χ4n) is 2.59. The summed E-state index contributed by atoms with van der Waals surface area (Å²) in [6, 6.07) is 3.56. The van der Waals surface area contributed by atoms with Crippen LogP contribution in [-0.4, -0.2) is 29.5 Å². The first kappa shape index (κ1) is 13.6. The molecule has 1 aliphatic rings. The van der Waals surface area contributed by atoms with Crippen LogP contribution in [0, 0.1) is 10.1 Å². The summed E-state index contributed by atoms with van der Waals surface area (Å²) in [6.45, 7) is 2.72. The summed E-state index contributed by atoms with van der Waals surface area (Å²) in [5.74, 6) is 1.16. The highest BCUT2D eigenvalue weighted by Crippen LogP contribution is 2.32. The smallest absolute Gasteiger partial charge is 0.311 e. The molecule has 1 saturated carbocycles. The Bertz CT molecular complexity index is 458. The van der Waals surface area contributed by atoms with Gasteiger partial charge in [-0.1, -0.05) is 12.8 Å². The quantitative estimate of drug-likeness (QED) is 0.654. The van der Waals surface area contributed by atoms with Gasteiger partial charge >= 0.3 is 5.69 Å². The molecular weight excluding hydrogens is 244 g/mol. The molecule has 0 amide bonds. The van der Waals surface area contributed by atoms with Gasteiger partial charge in [-0.15, -0.1) is 0 Å². The molecule has 0 aliphatic heterocycles. The molecule has 19 heavy (non-hydrogen) atoms. The van der Waals surface area contributed by atoms with Crippen LogP contribution in [0.1, 0.15) is 32.6 Å². The largest absolute Gasteiger partial charge is 0.370 e. The average Bonchev–Trinajstić information content (AvgIpc) is 2.91. The molecule has 1 heterocycles. The van der Waals surface area contributed by atoms with Crippen molar-refractivity contribution < 1.29 is 4.92 Å². The molecule has 0 aromatic carbocycles. The molecule has 6 heteroatoms. The van der Waals surface area contributed by atoms with E-state index >= 15 is 0 Å². The zero-order valence-electron chi connectivity index (χ0n) is 11.4. The van der Waals surface area contributed by atoms with Crippen LogP contribution in [0.25, 0.3) is 0 Å². The minimum atomic E-state index is -0.358. The van der Waals surface area contributed by atoms with E-state index in [9.17, 15) is 10.1 Å². The maximum Gasteiger partial charge on any atom is 0.311 e. The van der Waals surface area contributed by atoms with E-state index in [4.69, 9.17) is 0 Å². The molecule has 104 valence electrons. The Hall–Kier alpha value is -1.85. The molecule has 0 saturated heterocycles. The lowest BCUT2D eigenvalue weighted by Crippen LogP contribution is -2.30. The monoisotopic (exact) mass is 264 g/mol. The molecule has 1 aromatic rings. The molecule has 0 atom stereocenters. The third-order valence-corrected chi connectivity index (χ3v) is 3.62. The Morgan fingerprint density at radius 3 is 2.74 bits per heavy atom. The van der Waals surface area contributed by atoms with Crippen LogP contribution >= 0.6 is 0 Å². The van der Waals surface area contributed by atoms with Gasteiger partial charge < -0.3 is 10.2 Å². The van der Waals surface area contributed by atoms with Crippen molar-refractivity contribution in [3.8, 4) is 0 Å². The normalized spacial score (nSPS) is 15.5. The molecule has 1 fully saturated rings. The van der Waals surface area contributed by atoms with Crippen LogP contribution < -0.4 is 10.2 Å². The fraction of sp³-hybridized carbons (Fsp3) is 0.615. The maximum atomic E-state index is 11.1. The molecule has 1 aromatic heterocycles. The van der Waals surface area contributed by atoms with Crippen molar-refractivity contribution in [1.29, 1.82) is 0 Å². The standard InChI is InChI=1S/C13H20N4O2/c1-3-14-12-9-8-11(17(18)19)13(15-12)16(2)10-6-4-5-7-10/h8-10H,3-7H2,1-2H3,(H,14,15). The number of nitro groups is 1. The second-order valence-corrected chi connectivity index (χ2v) is 4.88. The second-order valence-electron chi connectivity index (χ2n) is 4.88. The Kier molecular flexibility index (Phi) is 4.19. The second kappa shape index (κ2) is 5.86. The van der Waals surface area contributed by atoms with Crippen molar-refractivity contribution in [2.45, 2.75) is 38.6 Å². The van der Waals surface area contributed by atoms with E-state index in [1.54, 1.807) is 6.07 Å². The number of hydrogen-bond acceptors (Lipinski definition) is 5. The van der Waals surface area contributed by atoms with Gasteiger partial charge in [-0.25, -0.2) is 4.98 Å². The Labute approximate surface area is 113 Å². The number of nitrogens with one attached hydrogen (secondary N) is 1. The first-order valence-electron chi connectivity index (χ1n) is 6.75. The first-order chi connectivity index (χ1) is 9.13. The van der Waals surface area contributed by atoms with Crippen molar-refractivity contribution in [3.05, 3.63) is 22.2 Å². The average molecular weight is 264 g/mol. The predicted octanol–water partition coefficient (Wildman–Crippen LogP) is 2.80. The lowest BCUT2D eigenvalue weighted by atomic mass is 10.2. The molecule has 0 unspecified atom stereocenters. The van der Waals surface area contributed by atoms with Gasteiger partial charge in [0, 0.05) is 25.7 Å². The summed E-state index contributed by atoms with van der Waals surface area (Å²) in [7, 11) is 1.90. The highest BCUT2D eigenvalue weighted by molar-refractivity contribution is 5.62. The van der Waals surface area contributed by atoms with Gasteiger partial charge in [-0.3, -0.25) is 10.1 Å². The SMILES string of the molecule is CCNc1ccc([N+](=O)[O-])c(N(C)C2CCCC2)n1. The van der Waals surface area contributed by atoms with Crippen molar-refractivity contribution in [3.63, 3.8) is 0 Å². The Morgan fingerprint density at radius 1 is 1.47 bits per heavy atom. The molecule has 0 spiro atoms. The zero-order valence-corrected chi connectivity index (χ0v) is 11.4.